The Morgan fingerprint density at radius 1 is 1.30 bits per heavy atom. The van der Waals surface area contributed by atoms with Gasteiger partial charge in [0.2, 0.25) is 5.91 Å². The van der Waals surface area contributed by atoms with Crippen molar-refractivity contribution in [2.24, 2.45) is 5.92 Å². The smallest absolute Gasteiger partial charge is 0.226 e. The predicted octanol–water partition coefficient (Wildman–Crippen LogP) is 2.69. The molecule has 1 aromatic carbocycles. The van der Waals surface area contributed by atoms with Crippen molar-refractivity contribution < 1.29 is 14.3 Å². The lowest BCUT2D eigenvalue weighted by Crippen LogP contribution is -2.31. The minimum atomic E-state index is 0.0731. The second kappa shape index (κ2) is 5.56. The molecule has 2 aliphatic rings. The molecule has 1 atom stereocenters. The van der Waals surface area contributed by atoms with Crippen LogP contribution in [0.4, 0.5) is 0 Å². The maximum atomic E-state index is 12.4. The highest BCUT2D eigenvalue weighted by Gasteiger charge is 2.40. The molecule has 1 aliphatic heterocycles. The average Bonchev–Trinajstić information content (AvgIpc) is 3.23. The molecule has 5 heteroatoms. The largest absolute Gasteiger partial charge is 0.497 e. The van der Waals surface area contributed by atoms with Crippen molar-refractivity contribution in [3.63, 3.8) is 0 Å². The predicted molar refractivity (Wildman–Crippen MR) is 79.2 cm³/mol. The molecule has 2 fully saturated rings. The summed E-state index contributed by atoms with van der Waals surface area (Å²) in [5, 5.41) is 0.0731. The van der Waals surface area contributed by atoms with Crippen molar-refractivity contribution in [1.82, 2.24) is 4.90 Å². The van der Waals surface area contributed by atoms with Crippen LogP contribution in [0.1, 0.15) is 23.8 Å². The Morgan fingerprint density at radius 2 is 2.10 bits per heavy atom. The molecule has 1 unspecified atom stereocenters. The van der Waals surface area contributed by atoms with Crippen molar-refractivity contribution in [3.05, 3.63) is 23.8 Å². The molecule has 1 amide bonds. The molecule has 3 rings (SSSR count). The van der Waals surface area contributed by atoms with Crippen LogP contribution < -0.4 is 9.47 Å². The van der Waals surface area contributed by atoms with Crippen LogP contribution in [0, 0.1) is 5.92 Å². The van der Waals surface area contributed by atoms with Gasteiger partial charge in [0.1, 0.15) is 16.9 Å². The minimum Gasteiger partial charge on any atom is -0.497 e. The first kappa shape index (κ1) is 13.6. The highest BCUT2D eigenvalue weighted by Crippen LogP contribution is 2.45. The third-order valence-corrected chi connectivity index (χ3v) is 5.05. The van der Waals surface area contributed by atoms with Crippen LogP contribution in [0.25, 0.3) is 0 Å². The van der Waals surface area contributed by atoms with Crippen molar-refractivity contribution in [2.75, 3.05) is 26.5 Å². The summed E-state index contributed by atoms with van der Waals surface area (Å²) >= 11 is 1.80. The second-order valence-electron chi connectivity index (χ2n) is 5.14. The second-order valence-corrected chi connectivity index (χ2v) is 6.33. The number of carbonyl (C=O) groups excluding carboxylic acids is 1. The summed E-state index contributed by atoms with van der Waals surface area (Å²) in [4.78, 5) is 14.4. The van der Waals surface area contributed by atoms with Crippen LogP contribution in [0.3, 0.4) is 0 Å². The number of rotatable bonds is 4. The average molecular weight is 293 g/mol. The summed E-state index contributed by atoms with van der Waals surface area (Å²) in [5.41, 5.74) is 1.06. The van der Waals surface area contributed by atoms with E-state index in [1.165, 1.54) is 0 Å². The zero-order valence-electron chi connectivity index (χ0n) is 11.8. The van der Waals surface area contributed by atoms with Crippen LogP contribution in [0.5, 0.6) is 11.5 Å². The Kier molecular flexibility index (Phi) is 3.78. The quantitative estimate of drug-likeness (QED) is 0.855. The van der Waals surface area contributed by atoms with Gasteiger partial charge in [0.05, 0.1) is 14.2 Å². The van der Waals surface area contributed by atoms with Crippen molar-refractivity contribution in [2.45, 2.75) is 18.2 Å². The van der Waals surface area contributed by atoms with Gasteiger partial charge in [-0.1, -0.05) is 0 Å². The summed E-state index contributed by atoms with van der Waals surface area (Å²) in [6, 6.07) is 5.82. The van der Waals surface area contributed by atoms with Gasteiger partial charge in [-0.3, -0.25) is 4.79 Å². The van der Waals surface area contributed by atoms with E-state index < -0.39 is 0 Å². The zero-order valence-corrected chi connectivity index (χ0v) is 12.6. The Morgan fingerprint density at radius 3 is 2.75 bits per heavy atom. The van der Waals surface area contributed by atoms with E-state index in [-0.39, 0.29) is 11.3 Å². The molecular weight excluding hydrogens is 274 g/mol. The highest BCUT2D eigenvalue weighted by molar-refractivity contribution is 7.99. The number of carbonyl (C=O) groups is 1. The highest BCUT2D eigenvalue weighted by atomic mass is 32.2. The number of methoxy groups -OCH3 is 2. The first-order valence-corrected chi connectivity index (χ1v) is 7.93. The van der Waals surface area contributed by atoms with Crippen molar-refractivity contribution in [3.8, 4) is 11.5 Å². The molecule has 4 nitrogen and oxygen atoms in total. The Balaban J connectivity index is 1.88. The number of amides is 1. The molecule has 1 saturated carbocycles. The fourth-order valence-corrected chi connectivity index (χ4v) is 3.83. The normalized spacial score (nSPS) is 21.9. The fraction of sp³-hybridized carbons (Fsp3) is 0.533. The van der Waals surface area contributed by atoms with Crippen molar-refractivity contribution in [1.29, 1.82) is 0 Å². The maximum absolute atomic E-state index is 12.4. The molecular formula is C15H19NO3S. The third-order valence-electron chi connectivity index (χ3n) is 3.81. The van der Waals surface area contributed by atoms with Gasteiger partial charge in [-0.25, -0.2) is 0 Å². The summed E-state index contributed by atoms with van der Waals surface area (Å²) < 4.78 is 10.7. The molecule has 1 saturated heterocycles. The minimum absolute atomic E-state index is 0.0731. The molecule has 0 aromatic heterocycles. The lowest BCUT2D eigenvalue weighted by atomic mass is 10.1. The standard InChI is InChI=1S/C15H19NO3S/c1-18-11-5-6-12(13(9-11)19-2)15-16(7-8-20-15)14(17)10-3-4-10/h5-6,9-10,15H,3-4,7-8H2,1-2H3. The Labute approximate surface area is 123 Å². The number of hydrogen-bond donors (Lipinski definition) is 0. The van der Waals surface area contributed by atoms with Crippen LogP contribution >= 0.6 is 11.8 Å². The van der Waals surface area contributed by atoms with Crippen LogP contribution in [-0.4, -0.2) is 37.3 Å². The van der Waals surface area contributed by atoms with Crippen LogP contribution in [0.15, 0.2) is 18.2 Å². The molecule has 20 heavy (non-hydrogen) atoms. The van der Waals surface area contributed by atoms with Gasteiger partial charge in [-0.05, 0) is 25.0 Å². The summed E-state index contributed by atoms with van der Waals surface area (Å²) in [7, 11) is 3.30. The first-order valence-electron chi connectivity index (χ1n) is 6.88. The van der Waals surface area contributed by atoms with E-state index in [2.05, 4.69) is 0 Å². The SMILES string of the molecule is COc1ccc(C2SCCN2C(=O)C2CC2)c(OC)c1. The van der Waals surface area contributed by atoms with E-state index in [1.54, 1.807) is 26.0 Å². The van der Waals surface area contributed by atoms with E-state index in [1.807, 2.05) is 23.1 Å². The number of ether oxygens (including phenoxy) is 2. The lowest BCUT2D eigenvalue weighted by molar-refractivity contribution is -0.132. The molecule has 1 aromatic rings. The third kappa shape index (κ3) is 2.46. The molecule has 0 bridgehead atoms. The topological polar surface area (TPSA) is 38.8 Å². The Bertz CT molecular complexity index is 516. The van der Waals surface area contributed by atoms with E-state index >= 15 is 0 Å². The van der Waals surface area contributed by atoms with Gasteiger partial charge in [0, 0.05) is 29.8 Å². The summed E-state index contributed by atoms with van der Waals surface area (Å²) in [5.74, 6) is 3.11. The van der Waals surface area contributed by atoms with E-state index in [4.69, 9.17) is 9.47 Å². The van der Waals surface area contributed by atoms with Gasteiger partial charge in [-0.15, -0.1) is 11.8 Å². The van der Waals surface area contributed by atoms with Crippen molar-refractivity contribution >= 4 is 17.7 Å². The maximum Gasteiger partial charge on any atom is 0.226 e. The molecule has 0 N–H and O–H groups in total. The molecule has 0 radical (unpaired) electrons. The number of nitrogens with zero attached hydrogens (tertiary/aromatic N) is 1. The summed E-state index contributed by atoms with van der Waals surface area (Å²) in [6.07, 6.45) is 2.10. The van der Waals surface area contributed by atoms with Gasteiger partial charge in [0.15, 0.2) is 0 Å². The molecule has 108 valence electrons. The van der Waals surface area contributed by atoms with E-state index in [9.17, 15) is 4.79 Å². The number of thioether (sulfide) groups is 1. The van der Waals surface area contributed by atoms with Crippen LogP contribution in [0.2, 0.25) is 0 Å². The lowest BCUT2D eigenvalue weighted by Gasteiger charge is -2.25. The van der Waals surface area contributed by atoms with Gasteiger partial charge in [-0.2, -0.15) is 0 Å². The number of hydrogen-bond acceptors (Lipinski definition) is 4. The van der Waals surface area contributed by atoms with E-state index in [0.29, 0.717) is 5.91 Å². The molecule has 0 spiro atoms. The zero-order chi connectivity index (χ0) is 14.1. The first-order chi connectivity index (χ1) is 9.74. The monoisotopic (exact) mass is 293 g/mol. The fourth-order valence-electron chi connectivity index (χ4n) is 2.54. The van der Waals surface area contributed by atoms with Gasteiger partial charge < -0.3 is 14.4 Å². The van der Waals surface area contributed by atoms with E-state index in [0.717, 1.165) is 42.2 Å². The van der Waals surface area contributed by atoms with Gasteiger partial charge in [0.25, 0.3) is 0 Å². The Hall–Kier alpha value is -1.36. The number of benzene rings is 1. The van der Waals surface area contributed by atoms with Gasteiger partial charge >= 0.3 is 0 Å². The molecule has 1 heterocycles. The summed E-state index contributed by atoms with van der Waals surface area (Å²) in [6.45, 7) is 0.833. The molecule has 1 aliphatic carbocycles. The van der Waals surface area contributed by atoms with Crippen LogP contribution in [-0.2, 0) is 4.79 Å².